The Morgan fingerprint density at radius 3 is 2.21 bits per heavy atom. The van der Waals surface area contributed by atoms with Gasteiger partial charge in [-0.3, -0.25) is 0 Å². The van der Waals surface area contributed by atoms with Gasteiger partial charge in [-0.2, -0.15) is 0 Å². The van der Waals surface area contributed by atoms with Crippen LogP contribution in [0.15, 0.2) is 0 Å². The van der Waals surface area contributed by atoms with Crippen molar-refractivity contribution in [1.29, 1.82) is 0 Å². The molecule has 4 aliphatic carbocycles. The van der Waals surface area contributed by atoms with E-state index in [0.717, 1.165) is 49.4 Å². The average molecular weight is 405 g/mol. The molecule has 5 fully saturated rings. The van der Waals surface area contributed by atoms with Crippen molar-refractivity contribution in [3.05, 3.63) is 0 Å². The predicted octanol–water partition coefficient (Wildman–Crippen LogP) is 5.18. The predicted molar refractivity (Wildman–Crippen MR) is 115 cm³/mol. The first-order valence-corrected chi connectivity index (χ1v) is 12.6. The molecule has 0 bridgehead atoms. The second-order valence-corrected chi connectivity index (χ2v) is 12.9. The molecule has 29 heavy (non-hydrogen) atoms. The van der Waals surface area contributed by atoms with E-state index >= 15 is 0 Å². The Morgan fingerprint density at radius 1 is 0.862 bits per heavy atom. The molecule has 0 radical (unpaired) electrons. The largest absolute Gasteiger partial charge is 0.393 e. The van der Waals surface area contributed by atoms with Gasteiger partial charge in [0.05, 0.1) is 23.9 Å². The van der Waals surface area contributed by atoms with Gasteiger partial charge in [-0.05, 0) is 118 Å². The summed E-state index contributed by atoms with van der Waals surface area (Å²) in [5, 5.41) is 21.4. The highest BCUT2D eigenvalue weighted by atomic mass is 16.6. The molecule has 5 rings (SSSR count). The SMILES string of the molecule is C[C@H](C[C@H]1OC1(C)C)[C@H]1CCC2C3C[C@H](O)[C@@H]4C[C@H](O)CC[C@]4(C)C3CC[C@@]21C. The van der Waals surface area contributed by atoms with Gasteiger partial charge in [0.2, 0.25) is 0 Å². The highest BCUT2D eigenvalue weighted by molar-refractivity contribution is 5.12. The number of aliphatic hydroxyl groups is 2. The Morgan fingerprint density at radius 2 is 1.52 bits per heavy atom. The summed E-state index contributed by atoms with van der Waals surface area (Å²) in [6.07, 6.45) is 10.5. The number of hydrogen-bond donors (Lipinski definition) is 2. The summed E-state index contributed by atoms with van der Waals surface area (Å²) in [6.45, 7) is 12.0. The first kappa shape index (κ1) is 20.8. The van der Waals surface area contributed by atoms with Gasteiger partial charge in [0, 0.05) is 0 Å². The Labute approximate surface area is 178 Å². The molecule has 5 aliphatic rings. The maximum absolute atomic E-state index is 11.2. The number of aliphatic hydroxyl groups excluding tert-OH is 2. The van der Waals surface area contributed by atoms with E-state index in [-0.39, 0.29) is 23.2 Å². The minimum atomic E-state index is -0.212. The van der Waals surface area contributed by atoms with Gasteiger partial charge < -0.3 is 14.9 Å². The van der Waals surface area contributed by atoms with Crippen molar-refractivity contribution in [3.63, 3.8) is 0 Å². The third kappa shape index (κ3) is 3.08. The van der Waals surface area contributed by atoms with E-state index in [1.807, 2.05) is 0 Å². The van der Waals surface area contributed by atoms with Crippen molar-refractivity contribution >= 4 is 0 Å². The highest BCUT2D eigenvalue weighted by Crippen LogP contribution is 2.68. The zero-order valence-electron chi connectivity index (χ0n) is 19.4. The number of hydrogen-bond acceptors (Lipinski definition) is 3. The molecule has 3 heteroatoms. The quantitative estimate of drug-likeness (QED) is 0.637. The fourth-order valence-corrected chi connectivity index (χ4v) is 9.42. The number of rotatable bonds is 3. The molecule has 1 aliphatic heterocycles. The zero-order chi connectivity index (χ0) is 20.8. The van der Waals surface area contributed by atoms with Crippen molar-refractivity contribution in [2.24, 2.45) is 46.3 Å². The van der Waals surface area contributed by atoms with Crippen molar-refractivity contribution in [1.82, 2.24) is 0 Å². The third-order valence-electron chi connectivity index (χ3n) is 11.2. The average Bonchev–Trinajstić information content (AvgIpc) is 3.07. The number of epoxide rings is 1. The topological polar surface area (TPSA) is 53.0 Å². The van der Waals surface area contributed by atoms with Crippen LogP contribution < -0.4 is 0 Å². The fourth-order valence-electron chi connectivity index (χ4n) is 9.42. The van der Waals surface area contributed by atoms with Gasteiger partial charge >= 0.3 is 0 Å². The van der Waals surface area contributed by atoms with Crippen LogP contribution in [0.4, 0.5) is 0 Å². The lowest BCUT2D eigenvalue weighted by molar-refractivity contribution is -0.172. The molecule has 0 aromatic carbocycles. The Kier molecular flexibility index (Phi) is 4.79. The van der Waals surface area contributed by atoms with Crippen molar-refractivity contribution < 1.29 is 14.9 Å². The highest BCUT2D eigenvalue weighted by Gasteiger charge is 2.62. The summed E-state index contributed by atoms with van der Waals surface area (Å²) < 4.78 is 5.93. The molecule has 11 atom stereocenters. The lowest BCUT2D eigenvalue weighted by Crippen LogP contribution is -2.58. The van der Waals surface area contributed by atoms with Crippen LogP contribution in [-0.2, 0) is 4.74 Å². The minimum absolute atomic E-state index is 0.105. The maximum atomic E-state index is 11.2. The molecule has 1 saturated heterocycles. The summed E-state index contributed by atoms with van der Waals surface area (Å²) in [5.74, 6) is 4.06. The van der Waals surface area contributed by atoms with Crippen LogP contribution in [0.25, 0.3) is 0 Å². The van der Waals surface area contributed by atoms with Gasteiger partial charge in [-0.1, -0.05) is 20.8 Å². The molecule has 3 nitrogen and oxygen atoms in total. The van der Waals surface area contributed by atoms with Gasteiger partial charge in [-0.25, -0.2) is 0 Å². The van der Waals surface area contributed by atoms with E-state index in [0.29, 0.717) is 23.4 Å². The molecule has 166 valence electrons. The lowest BCUT2D eigenvalue weighted by atomic mass is 9.43. The molecule has 0 spiro atoms. The van der Waals surface area contributed by atoms with Crippen LogP contribution >= 0.6 is 0 Å². The first-order valence-electron chi connectivity index (χ1n) is 12.6. The fraction of sp³-hybridized carbons (Fsp3) is 1.00. The monoisotopic (exact) mass is 404 g/mol. The van der Waals surface area contributed by atoms with Crippen LogP contribution in [0.5, 0.6) is 0 Å². The van der Waals surface area contributed by atoms with Gasteiger partial charge in [0.15, 0.2) is 0 Å². The van der Waals surface area contributed by atoms with Crippen molar-refractivity contribution in [2.75, 3.05) is 0 Å². The van der Waals surface area contributed by atoms with E-state index < -0.39 is 0 Å². The van der Waals surface area contributed by atoms with Crippen LogP contribution in [0.2, 0.25) is 0 Å². The van der Waals surface area contributed by atoms with Crippen molar-refractivity contribution in [2.45, 2.75) is 116 Å². The molecule has 1 heterocycles. The maximum Gasteiger partial charge on any atom is 0.0892 e. The molecular weight excluding hydrogens is 360 g/mol. The zero-order valence-corrected chi connectivity index (χ0v) is 19.4. The smallest absolute Gasteiger partial charge is 0.0892 e. The molecule has 4 saturated carbocycles. The van der Waals surface area contributed by atoms with Crippen LogP contribution in [0, 0.1) is 46.3 Å². The molecular formula is C26H44O3. The van der Waals surface area contributed by atoms with Crippen LogP contribution in [-0.4, -0.2) is 34.1 Å². The van der Waals surface area contributed by atoms with E-state index in [2.05, 4.69) is 34.6 Å². The second kappa shape index (κ2) is 6.69. The van der Waals surface area contributed by atoms with E-state index in [1.54, 1.807) is 0 Å². The lowest BCUT2D eigenvalue weighted by Gasteiger charge is -2.62. The van der Waals surface area contributed by atoms with E-state index in [4.69, 9.17) is 4.74 Å². The van der Waals surface area contributed by atoms with Gasteiger partial charge in [0.1, 0.15) is 0 Å². The Bertz CT molecular complexity index is 646. The van der Waals surface area contributed by atoms with Gasteiger partial charge in [-0.15, -0.1) is 0 Å². The second-order valence-electron chi connectivity index (χ2n) is 12.9. The Balaban J connectivity index is 1.35. The molecule has 3 unspecified atom stereocenters. The summed E-state index contributed by atoms with van der Waals surface area (Å²) in [4.78, 5) is 0. The third-order valence-corrected chi connectivity index (χ3v) is 11.2. The Hall–Kier alpha value is -0.120. The van der Waals surface area contributed by atoms with Gasteiger partial charge in [0.25, 0.3) is 0 Å². The first-order chi connectivity index (χ1) is 13.6. The van der Waals surface area contributed by atoms with E-state index in [9.17, 15) is 10.2 Å². The van der Waals surface area contributed by atoms with E-state index in [1.165, 1.54) is 32.1 Å². The van der Waals surface area contributed by atoms with Crippen LogP contribution in [0.1, 0.15) is 92.4 Å². The van der Waals surface area contributed by atoms with Crippen molar-refractivity contribution in [3.8, 4) is 0 Å². The molecule has 0 aromatic rings. The normalized spacial score (nSPS) is 56.8. The summed E-state index contributed by atoms with van der Waals surface area (Å²) in [5.41, 5.74) is 0.780. The summed E-state index contributed by atoms with van der Waals surface area (Å²) in [7, 11) is 0. The summed E-state index contributed by atoms with van der Waals surface area (Å²) in [6, 6.07) is 0. The molecule has 0 amide bonds. The number of ether oxygens (including phenoxy) is 1. The molecule has 2 N–H and O–H groups in total. The summed E-state index contributed by atoms with van der Waals surface area (Å²) >= 11 is 0. The van der Waals surface area contributed by atoms with Crippen LogP contribution in [0.3, 0.4) is 0 Å². The standard InChI is InChI=1S/C26H44O3/c1-15(12-23-24(2,3)29-23)18-6-7-19-17-14-22(28)21-13-16(27)8-10-26(21,5)20(17)9-11-25(18,19)4/h15-23,27-28H,6-14H2,1-5H3/t15-,16-,17?,18-,19?,20?,21+,22+,23-,25-,26-/m1/s1. The molecule has 0 aromatic heterocycles. The number of fused-ring (bicyclic) bond motifs is 5. The minimum Gasteiger partial charge on any atom is -0.393 e.